The molecule has 0 spiro atoms. The second-order valence-electron chi connectivity index (χ2n) is 6.55. The van der Waals surface area contributed by atoms with Crippen molar-refractivity contribution in [2.75, 3.05) is 13.2 Å². The average Bonchev–Trinajstić information content (AvgIpc) is 2.68. The molecule has 0 fully saturated rings. The SMILES string of the molecule is Cc1ccccc1CCNC(=O)COC(=O)Cc1ccc2ccccc2c1. The molecule has 0 bridgehead atoms. The van der Waals surface area contributed by atoms with Crippen molar-refractivity contribution < 1.29 is 14.3 Å². The van der Waals surface area contributed by atoms with Gasteiger partial charge < -0.3 is 10.1 Å². The summed E-state index contributed by atoms with van der Waals surface area (Å²) in [6.45, 7) is 2.32. The minimum Gasteiger partial charge on any atom is -0.455 e. The van der Waals surface area contributed by atoms with Gasteiger partial charge in [0, 0.05) is 6.54 Å². The Morgan fingerprint density at radius 3 is 2.48 bits per heavy atom. The molecule has 0 aliphatic rings. The van der Waals surface area contributed by atoms with Crippen LogP contribution in [-0.4, -0.2) is 25.0 Å². The number of ether oxygens (including phenoxy) is 1. The number of amides is 1. The summed E-state index contributed by atoms with van der Waals surface area (Å²) < 4.78 is 5.10. The molecule has 3 aromatic rings. The Morgan fingerprint density at radius 2 is 1.67 bits per heavy atom. The molecule has 0 heterocycles. The van der Waals surface area contributed by atoms with Gasteiger partial charge in [-0.15, -0.1) is 0 Å². The van der Waals surface area contributed by atoms with Crippen LogP contribution in [0.4, 0.5) is 0 Å². The van der Waals surface area contributed by atoms with Crippen molar-refractivity contribution in [1.82, 2.24) is 5.32 Å². The number of esters is 1. The molecule has 0 atom stereocenters. The van der Waals surface area contributed by atoms with Crippen LogP contribution < -0.4 is 5.32 Å². The molecule has 0 saturated carbocycles. The molecule has 4 nitrogen and oxygen atoms in total. The highest BCUT2D eigenvalue weighted by Crippen LogP contribution is 2.16. The molecular weight excluding hydrogens is 338 g/mol. The van der Waals surface area contributed by atoms with E-state index in [0.29, 0.717) is 6.54 Å². The molecule has 0 aliphatic heterocycles. The van der Waals surface area contributed by atoms with Gasteiger partial charge in [0.2, 0.25) is 0 Å². The zero-order valence-corrected chi connectivity index (χ0v) is 15.4. The second kappa shape index (κ2) is 8.99. The second-order valence-corrected chi connectivity index (χ2v) is 6.55. The molecule has 0 aliphatic carbocycles. The lowest BCUT2D eigenvalue weighted by Crippen LogP contribution is -2.30. The van der Waals surface area contributed by atoms with Crippen LogP contribution >= 0.6 is 0 Å². The highest BCUT2D eigenvalue weighted by atomic mass is 16.5. The minimum absolute atomic E-state index is 0.154. The fourth-order valence-corrected chi connectivity index (χ4v) is 2.99. The van der Waals surface area contributed by atoms with E-state index in [1.807, 2.05) is 73.7 Å². The number of benzene rings is 3. The fourth-order valence-electron chi connectivity index (χ4n) is 2.99. The number of aryl methyl sites for hydroxylation is 1. The molecule has 27 heavy (non-hydrogen) atoms. The van der Waals surface area contributed by atoms with Crippen LogP contribution in [0.5, 0.6) is 0 Å². The predicted molar refractivity (Wildman–Crippen MR) is 107 cm³/mol. The van der Waals surface area contributed by atoms with Crippen LogP contribution in [-0.2, 0) is 27.2 Å². The number of hydrogen-bond donors (Lipinski definition) is 1. The quantitative estimate of drug-likeness (QED) is 0.654. The third-order valence-corrected chi connectivity index (χ3v) is 4.50. The zero-order chi connectivity index (χ0) is 19.1. The number of carbonyl (C=O) groups excluding carboxylic acids is 2. The van der Waals surface area contributed by atoms with Gasteiger partial charge in [-0.2, -0.15) is 0 Å². The maximum absolute atomic E-state index is 12.0. The monoisotopic (exact) mass is 361 g/mol. The molecule has 0 radical (unpaired) electrons. The van der Waals surface area contributed by atoms with Crippen molar-refractivity contribution >= 4 is 22.6 Å². The summed E-state index contributed by atoms with van der Waals surface area (Å²) in [6.07, 6.45) is 0.908. The molecule has 0 unspecified atom stereocenters. The molecule has 138 valence electrons. The third-order valence-electron chi connectivity index (χ3n) is 4.50. The Hall–Kier alpha value is -3.14. The standard InChI is InChI=1S/C23H23NO3/c1-17-6-2-3-7-19(17)12-13-24-22(25)16-27-23(26)15-18-10-11-20-8-4-5-9-21(20)14-18/h2-11,14H,12-13,15-16H2,1H3,(H,24,25). The van der Waals surface area contributed by atoms with Crippen LogP contribution in [0.25, 0.3) is 10.8 Å². The van der Waals surface area contributed by atoms with Gasteiger partial charge >= 0.3 is 5.97 Å². The summed E-state index contributed by atoms with van der Waals surface area (Å²) in [4.78, 5) is 23.9. The minimum atomic E-state index is -0.403. The van der Waals surface area contributed by atoms with Crippen molar-refractivity contribution in [1.29, 1.82) is 0 Å². The van der Waals surface area contributed by atoms with E-state index >= 15 is 0 Å². The van der Waals surface area contributed by atoms with Crippen molar-refractivity contribution in [2.45, 2.75) is 19.8 Å². The van der Waals surface area contributed by atoms with Crippen molar-refractivity contribution in [3.05, 3.63) is 83.4 Å². The molecular formula is C23H23NO3. The van der Waals surface area contributed by atoms with E-state index in [1.54, 1.807) is 0 Å². The van der Waals surface area contributed by atoms with Gasteiger partial charge in [0.15, 0.2) is 6.61 Å². The van der Waals surface area contributed by atoms with Crippen LogP contribution in [0.3, 0.4) is 0 Å². The molecule has 1 amide bonds. The molecule has 4 heteroatoms. The van der Waals surface area contributed by atoms with Crippen molar-refractivity contribution in [3.63, 3.8) is 0 Å². The summed E-state index contributed by atoms with van der Waals surface area (Å²) in [6, 6.07) is 21.9. The van der Waals surface area contributed by atoms with E-state index in [9.17, 15) is 9.59 Å². The van der Waals surface area contributed by atoms with Crippen LogP contribution in [0.15, 0.2) is 66.7 Å². The lowest BCUT2D eigenvalue weighted by Gasteiger charge is -2.08. The van der Waals surface area contributed by atoms with Gasteiger partial charge in [0.05, 0.1) is 6.42 Å². The Morgan fingerprint density at radius 1 is 0.926 bits per heavy atom. The number of hydrogen-bond acceptors (Lipinski definition) is 3. The summed E-state index contributed by atoms with van der Waals surface area (Å²) in [5, 5.41) is 4.99. The first kappa shape index (κ1) is 18.6. The number of fused-ring (bicyclic) bond motifs is 1. The van der Waals surface area contributed by atoms with Crippen LogP contribution in [0.2, 0.25) is 0 Å². The van der Waals surface area contributed by atoms with Gasteiger partial charge in [-0.3, -0.25) is 9.59 Å². The van der Waals surface area contributed by atoms with E-state index in [-0.39, 0.29) is 18.9 Å². The van der Waals surface area contributed by atoms with Gasteiger partial charge in [0.1, 0.15) is 0 Å². The lowest BCUT2D eigenvalue weighted by molar-refractivity contribution is -0.147. The van der Waals surface area contributed by atoms with Crippen molar-refractivity contribution in [3.8, 4) is 0 Å². The molecule has 0 saturated heterocycles. The van der Waals surface area contributed by atoms with Gasteiger partial charge in [0.25, 0.3) is 5.91 Å². The van der Waals surface area contributed by atoms with Crippen LogP contribution in [0.1, 0.15) is 16.7 Å². The normalized spacial score (nSPS) is 10.6. The summed E-state index contributed by atoms with van der Waals surface area (Å²) in [7, 11) is 0. The number of rotatable bonds is 7. The van der Waals surface area contributed by atoms with Crippen LogP contribution in [0, 0.1) is 6.92 Å². The Kier molecular flexibility index (Phi) is 6.21. The summed E-state index contributed by atoms with van der Waals surface area (Å²) in [5.74, 6) is -0.685. The predicted octanol–water partition coefficient (Wildman–Crippen LogP) is 3.59. The lowest BCUT2D eigenvalue weighted by atomic mass is 10.1. The number of nitrogens with one attached hydrogen (secondary N) is 1. The van der Waals surface area contributed by atoms with Gasteiger partial charge in [-0.05, 0) is 40.8 Å². The third kappa shape index (κ3) is 5.42. The average molecular weight is 361 g/mol. The highest BCUT2D eigenvalue weighted by Gasteiger charge is 2.09. The first-order chi connectivity index (χ1) is 13.1. The molecule has 3 aromatic carbocycles. The highest BCUT2D eigenvalue weighted by molar-refractivity contribution is 5.85. The Balaban J connectivity index is 1.41. The van der Waals surface area contributed by atoms with E-state index < -0.39 is 5.97 Å². The zero-order valence-electron chi connectivity index (χ0n) is 15.4. The fraction of sp³-hybridized carbons (Fsp3) is 0.217. The maximum atomic E-state index is 12.0. The maximum Gasteiger partial charge on any atom is 0.310 e. The Bertz CT molecular complexity index is 949. The summed E-state index contributed by atoms with van der Waals surface area (Å²) in [5.41, 5.74) is 3.28. The van der Waals surface area contributed by atoms with E-state index in [1.165, 1.54) is 11.1 Å². The summed E-state index contributed by atoms with van der Waals surface area (Å²) >= 11 is 0. The topological polar surface area (TPSA) is 55.4 Å². The molecule has 0 aromatic heterocycles. The first-order valence-corrected chi connectivity index (χ1v) is 9.06. The molecule has 1 N–H and O–H groups in total. The Labute approximate surface area is 159 Å². The van der Waals surface area contributed by atoms with Gasteiger partial charge in [-0.25, -0.2) is 0 Å². The van der Waals surface area contributed by atoms with E-state index in [4.69, 9.17) is 4.74 Å². The largest absolute Gasteiger partial charge is 0.455 e. The van der Waals surface area contributed by atoms with E-state index in [2.05, 4.69) is 5.32 Å². The first-order valence-electron chi connectivity index (χ1n) is 9.06. The van der Waals surface area contributed by atoms with Crippen molar-refractivity contribution in [2.24, 2.45) is 0 Å². The molecule has 3 rings (SSSR count). The number of carbonyl (C=O) groups is 2. The van der Waals surface area contributed by atoms with E-state index in [0.717, 1.165) is 22.8 Å². The smallest absolute Gasteiger partial charge is 0.310 e. The van der Waals surface area contributed by atoms with Gasteiger partial charge in [-0.1, -0.05) is 66.7 Å².